The van der Waals surface area contributed by atoms with E-state index >= 15 is 0 Å². The topological polar surface area (TPSA) is 41.1 Å². The summed E-state index contributed by atoms with van der Waals surface area (Å²) >= 11 is 0. The largest absolute Gasteiger partial charge is 0.353 e. The molecule has 0 radical (unpaired) electrons. The Bertz CT molecular complexity index is 174. The zero-order valence-corrected chi connectivity index (χ0v) is 8.76. The minimum Gasteiger partial charge on any atom is -0.353 e. The predicted molar refractivity (Wildman–Crippen MR) is 53.5 cm³/mol. The maximum absolute atomic E-state index is 11.2. The van der Waals surface area contributed by atoms with Gasteiger partial charge in [-0.3, -0.25) is 4.79 Å². The Morgan fingerprint density at radius 1 is 1.46 bits per heavy atom. The molecular formula is C10H20N2O. The lowest BCUT2D eigenvalue weighted by Gasteiger charge is -2.33. The molecule has 0 bridgehead atoms. The van der Waals surface area contributed by atoms with Gasteiger partial charge in [-0.2, -0.15) is 0 Å². The Morgan fingerprint density at radius 3 is 2.54 bits per heavy atom. The van der Waals surface area contributed by atoms with E-state index in [1.807, 2.05) is 13.8 Å². The van der Waals surface area contributed by atoms with Crippen molar-refractivity contribution in [3.63, 3.8) is 0 Å². The van der Waals surface area contributed by atoms with E-state index in [0.29, 0.717) is 12.6 Å². The van der Waals surface area contributed by atoms with Gasteiger partial charge in [-0.1, -0.05) is 6.92 Å². The van der Waals surface area contributed by atoms with Crippen molar-refractivity contribution in [3.05, 3.63) is 0 Å². The lowest BCUT2D eigenvalue weighted by molar-refractivity contribution is -0.121. The Balaban J connectivity index is 2.02. The van der Waals surface area contributed by atoms with Crippen LogP contribution in [0.2, 0.25) is 0 Å². The SMILES string of the molecule is CC1CC(NCC(=O)NC(C)C)C1. The van der Waals surface area contributed by atoms with Gasteiger partial charge >= 0.3 is 0 Å². The van der Waals surface area contributed by atoms with E-state index in [1.165, 1.54) is 12.8 Å². The summed E-state index contributed by atoms with van der Waals surface area (Å²) in [5.74, 6) is 0.945. The first-order valence-electron chi connectivity index (χ1n) is 5.10. The molecule has 1 rings (SSSR count). The lowest BCUT2D eigenvalue weighted by atomic mass is 9.82. The molecule has 1 amide bonds. The van der Waals surface area contributed by atoms with Crippen molar-refractivity contribution in [1.82, 2.24) is 10.6 Å². The van der Waals surface area contributed by atoms with E-state index in [1.54, 1.807) is 0 Å². The van der Waals surface area contributed by atoms with E-state index in [2.05, 4.69) is 17.6 Å². The second kappa shape index (κ2) is 4.61. The third kappa shape index (κ3) is 3.77. The molecule has 76 valence electrons. The Labute approximate surface area is 80.3 Å². The zero-order valence-electron chi connectivity index (χ0n) is 8.76. The average molecular weight is 184 g/mol. The molecule has 0 unspecified atom stereocenters. The van der Waals surface area contributed by atoms with E-state index in [9.17, 15) is 4.79 Å². The first-order chi connectivity index (χ1) is 6.08. The summed E-state index contributed by atoms with van der Waals surface area (Å²) < 4.78 is 0. The van der Waals surface area contributed by atoms with Crippen LogP contribution in [0.25, 0.3) is 0 Å². The van der Waals surface area contributed by atoms with Gasteiger partial charge in [0.1, 0.15) is 0 Å². The second-order valence-electron chi connectivity index (χ2n) is 4.38. The van der Waals surface area contributed by atoms with E-state index in [0.717, 1.165) is 5.92 Å². The Hall–Kier alpha value is -0.570. The minimum atomic E-state index is 0.106. The van der Waals surface area contributed by atoms with Crippen LogP contribution in [0.15, 0.2) is 0 Å². The number of rotatable bonds is 4. The van der Waals surface area contributed by atoms with Crippen molar-refractivity contribution in [2.75, 3.05) is 6.54 Å². The van der Waals surface area contributed by atoms with Crippen molar-refractivity contribution in [2.45, 2.75) is 45.7 Å². The molecule has 0 aromatic heterocycles. The van der Waals surface area contributed by atoms with Gasteiger partial charge in [0, 0.05) is 12.1 Å². The van der Waals surface area contributed by atoms with Crippen LogP contribution in [0.5, 0.6) is 0 Å². The van der Waals surface area contributed by atoms with Crippen LogP contribution in [0.4, 0.5) is 0 Å². The average Bonchev–Trinajstić information content (AvgIpc) is 1.94. The summed E-state index contributed by atoms with van der Waals surface area (Å²) in [5.41, 5.74) is 0. The predicted octanol–water partition coefficient (Wildman–Crippen LogP) is 0.899. The monoisotopic (exact) mass is 184 g/mol. The first-order valence-corrected chi connectivity index (χ1v) is 5.10. The zero-order chi connectivity index (χ0) is 9.84. The van der Waals surface area contributed by atoms with Gasteiger partial charge in [-0.25, -0.2) is 0 Å². The van der Waals surface area contributed by atoms with E-state index < -0.39 is 0 Å². The molecule has 0 saturated heterocycles. The van der Waals surface area contributed by atoms with Crippen molar-refractivity contribution in [3.8, 4) is 0 Å². The molecule has 3 nitrogen and oxygen atoms in total. The molecule has 1 fully saturated rings. The summed E-state index contributed by atoms with van der Waals surface area (Å²) in [6.45, 7) is 6.66. The molecule has 0 aromatic carbocycles. The highest BCUT2D eigenvalue weighted by atomic mass is 16.1. The number of carbonyl (C=O) groups is 1. The molecule has 1 aliphatic carbocycles. The smallest absolute Gasteiger partial charge is 0.234 e. The molecule has 0 heterocycles. The fourth-order valence-electron chi connectivity index (χ4n) is 1.68. The van der Waals surface area contributed by atoms with Crippen molar-refractivity contribution in [1.29, 1.82) is 0 Å². The lowest BCUT2D eigenvalue weighted by Crippen LogP contribution is -2.46. The third-order valence-electron chi connectivity index (χ3n) is 2.37. The van der Waals surface area contributed by atoms with Gasteiger partial charge in [-0.15, -0.1) is 0 Å². The molecule has 2 N–H and O–H groups in total. The number of amides is 1. The summed E-state index contributed by atoms with van der Waals surface area (Å²) in [5, 5.41) is 6.10. The van der Waals surface area contributed by atoms with Crippen LogP contribution in [0.3, 0.4) is 0 Å². The maximum Gasteiger partial charge on any atom is 0.234 e. The van der Waals surface area contributed by atoms with Gasteiger partial charge in [0.2, 0.25) is 5.91 Å². The van der Waals surface area contributed by atoms with Crippen molar-refractivity contribution in [2.24, 2.45) is 5.92 Å². The molecule has 3 heteroatoms. The molecule has 13 heavy (non-hydrogen) atoms. The number of hydrogen-bond donors (Lipinski definition) is 2. The molecule has 0 aliphatic heterocycles. The fraction of sp³-hybridized carbons (Fsp3) is 0.900. The van der Waals surface area contributed by atoms with Gasteiger partial charge < -0.3 is 10.6 Å². The molecule has 0 aromatic rings. The van der Waals surface area contributed by atoms with Crippen LogP contribution < -0.4 is 10.6 Å². The molecule has 0 spiro atoms. The highest BCUT2D eigenvalue weighted by molar-refractivity contribution is 5.78. The Morgan fingerprint density at radius 2 is 2.08 bits per heavy atom. The molecule has 1 aliphatic rings. The van der Waals surface area contributed by atoms with Crippen LogP contribution in [0, 0.1) is 5.92 Å². The number of carbonyl (C=O) groups excluding carboxylic acids is 1. The Kier molecular flexibility index (Phi) is 3.72. The summed E-state index contributed by atoms with van der Waals surface area (Å²) in [6.07, 6.45) is 2.43. The van der Waals surface area contributed by atoms with Gasteiger partial charge in [0.15, 0.2) is 0 Å². The van der Waals surface area contributed by atoms with Crippen molar-refractivity contribution >= 4 is 5.91 Å². The van der Waals surface area contributed by atoms with Gasteiger partial charge in [0.25, 0.3) is 0 Å². The second-order valence-corrected chi connectivity index (χ2v) is 4.38. The standard InChI is InChI=1S/C10H20N2O/c1-7(2)12-10(13)6-11-9-4-8(3)5-9/h7-9,11H,4-6H2,1-3H3,(H,12,13). The molecule has 0 atom stereocenters. The molecule has 1 saturated carbocycles. The van der Waals surface area contributed by atoms with Gasteiger partial charge in [-0.05, 0) is 32.6 Å². The highest BCUT2D eigenvalue weighted by Gasteiger charge is 2.24. The molecular weight excluding hydrogens is 164 g/mol. The van der Waals surface area contributed by atoms with Crippen LogP contribution in [0.1, 0.15) is 33.6 Å². The first kappa shape index (κ1) is 10.5. The summed E-state index contributed by atoms with van der Waals surface area (Å²) in [4.78, 5) is 11.2. The summed E-state index contributed by atoms with van der Waals surface area (Å²) in [7, 11) is 0. The summed E-state index contributed by atoms with van der Waals surface area (Å²) in [6, 6.07) is 0.822. The third-order valence-corrected chi connectivity index (χ3v) is 2.37. The van der Waals surface area contributed by atoms with Gasteiger partial charge in [0.05, 0.1) is 6.54 Å². The quantitative estimate of drug-likeness (QED) is 0.681. The van der Waals surface area contributed by atoms with Crippen molar-refractivity contribution < 1.29 is 4.79 Å². The van der Waals surface area contributed by atoms with E-state index in [-0.39, 0.29) is 11.9 Å². The number of nitrogens with one attached hydrogen (secondary N) is 2. The van der Waals surface area contributed by atoms with Crippen LogP contribution in [-0.2, 0) is 4.79 Å². The fourth-order valence-corrected chi connectivity index (χ4v) is 1.68. The van der Waals surface area contributed by atoms with Crippen LogP contribution >= 0.6 is 0 Å². The maximum atomic E-state index is 11.2. The van der Waals surface area contributed by atoms with E-state index in [4.69, 9.17) is 0 Å². The van der Waals surface area contributed by atoms with Crippen LogP contribution in [-0.4, -0.2) is 24.5 Å². The number of hydrogen-bond acceptors (Lipinski definition) is 2. The minimum absolute atomic E-state index is 0.106. The highest BCUT2D eigenvalue weighted by Crippen LogP contribution is 2.25. The normalized spacial score (nSPS) is 27.1.